The second-order valence-corrected chi connectivity index (χ2v) is 5.60. The molecule has 1 aliphatic rings. The summed E-state index contributed by atoms with van der Waals surface area (Å²) in [6.45, 7) is 2.10. The number of carbonyl (C=O) groups excluding carboxylic acids is 1. The summed E-state index contributed by atoms with van der Waals surface area (Å²) in [5, 5.41) is 10.4. The van der Waals surface area contributed by atoms with Gasteiger partial charge in [-0.25, -0.2) is 9.07 Å². The largest absolute Gasteiger partial charge is 0.339 e. The summed E-state index contributed by atoms with van der Waals surface area (Å²) in [4.78, 5) is 12.0. The first-order valence-electron chi connectivity index (χ1n) is 5.66. The highest BCUT2D eigenvalue weighted by Crippen LogP contribution is 2.30. The van der Waals surface area contributed by atoms with Crippen LogP contribution >= 0.6 is 15.9 Å². The van der Waals surface area contributed by atoms with Gasteiger partial charge < -0.3 is 5.32 Å². The van der Waals surface area contributed by atoms with Crippen molar-refractivity contribution in [2.45, 2.75) is 19.0 Å². The fourth-order valence-corrected chi connectivity index (χ4v) is 2.64. The molecule has 1 N–H and O–H groups in total. The van der Waals surface area contributed by atoms with Gasteiger partial charge >= 0.3 is 0 Å². The van der Waals surface area contributed by atoms with Crippen molar-refractivity contribution in [2.75, 3.05) is 0 Å². The standard InChI is InChI=1S/C12H10BrFN4O/c1-12(8-4-7(13)2-3-9(8)14)6-18-10(5-15-17-18)11(19)16-12/h2-5H,6H2,1H3,(H,16,19). The Morgan fingerprint density at radius 2 is 2.32 bits per heavy atom. The molecular weight excluding hydrogens is 315 g/mol. The molecule has 7 heteroatoms. The molecular formula is C12H10BrFN4O. The zero-order valence-electron chi connectivity index (χ0n) is 10.0. The lowest BCUT2D eigenvalue weighted by atomic mass is 9.89. The molecule has 2 aromatic rings. The Labute approximate surface area is 116 Å². The average Bonchev–Trinajstić information content (AvgIpc) is 2.80. The third kappa shape index (κ3) is 1.94. The molecule has 0 radical (unpaired) electrons. The maximum absolute atomic E-state index is 14.0. The van der Waals surface area contributed by atoms with Crippen molar-refractivity contribution in [1.82, 2.24) is 20.3 Å². The highest BCUT2D eigenvalue weighted by molar-refractivity contribution is 9.10. The molecule has 0 spiro atoms. The third-order valence-electron chi connectivity index (χ3n) is 3.23. The van der Waals surface area contributed by atoms with Crippen LogP contribution in [0.1, 0.15) is 23.0 Å². The van der Waals surface area contributed by atoms with Gasteiger partial charge in [0.25, 0.3) is 5.91 Å². The molecule has 1 amide bonds. The second-order valence-electron chi connectivity index (χ2n) is 4.69. The maximum atomic E-state index is 14.0. The number of nitrogens with one attached hydrogen (secondary N) is 1. The summed E-state index contributed by atoms with van der Waals surface area (Å²) < 4.78 is 16.2. The lowest BCUT2D eigenvalue weighted by Crippen LogP contribution is -2.52. The average molecular weight is 325 g/mol. The maximum Gasteiger partial charge on any atom is 0.271 e. The van der Waals surface area contributed by atoms with Crippen molar-refractivity contribution in [3.8, 4) is 0 Å². The smallest absolute Gasteiger partial charge is 0.271 e. The van der Waals surface area contributed by atoms with Crippen molar-refractivity contribution < 1.29 is 9.18 Å². The fraction of sp³-hybridized carbons (Fsp3) is 0.250. The monoisotopic (exact) mass is 324 g/mol. The summed E-state index contributed by atoms with van der Waals surface area (Å²) in [6.07, 6.45) is 1.40. The first-order valence-corrected chi connectivity index (χ1v) is 6.45. The molecule has 3 rings (SSSR count). The molecule has 5 nitrogen and oxygen atoms in total. The van der Waals surface area contributed by atoms with E-state index in [0.717, 1.165) is 4.47 Å². The van der Waals surface area contributed by atoms with Gasteiger partial charge in [0.2, 0.25) is 0 Å². The van der Waals surface area contributed by atoms with Crippen LogP contribution in [0.2, 0.25) is 0 Å². The van der Waals surface area contributed by atoms with E-state index < -0.39 is 5.54 Å². The normalized spacial score (nSPS) is 21.9. The van der Waals surface area contributed by atoms with Gasteiger partial charge in [-0.3, -0.25) is 4.79 Å². The SMILES string of the molecule is CC1(c2cc(Br)ccc2F)Cn2nncc2C(=O)N1. The van der Waals surface area contributed by atoms with Crippen molar-refractivity contribution in [3.63, 3.8) is 0 Å². The van der Waals surface area contributed by atoms with E-state index >= 15 is 0 Å². The summed E-state index contributed by atoms with van der Waals surface area (Å²) in [5.74, 6) is -0.673. The number of hydrogen-bond donors (Lipinski definition) is 1. The van der Waals surface area contributed by atoms with Gasteiger partial charge in [0.15, 0.2) is 0 Å². The Bertz CT molecular complexity index is 671. The number of nitrogens with zero attached hydrogens (tertiary/aromatic N) is 3. The minimum atomic E-state index is -0.856. The van der Waals surface area contributed by atoms with E-state index in [1.165, 1.54) is 16.9 Å². The molecule has 0 bridgehead atoms. The van der Waals surface area contributed by atoms with E-state index in [0.29, 0.717) is 17.8 Å². The van der Waals surface area contributed by atoms with Crippen LogP contribution in [0.25, 0.3) is 0 Å². The van der Waals surface area contributed by atoms with E-state index in [9.17, 15) is 9.18 Å². The summed E-state index contributed by atoms with van der Waals surface area (Å²) in [6, 6.07) is 4.65. The van der Waals surface area contributed by atoms with Crippen LogP contribution in [0.5, 0.6) is 0 Å². The van der Waals surface area contributed by atoms with Gasteiger partial charge in [0.1, 0.15) is 11.5 Å². The van der Waals surface area contributed by atoms with Gasteiger partial charge in [-0.15, -0.1) is 5.10 Å². The number of fused-ring (bicyclic) bond motifs is 1. The van der Waals surface area contributed by atoms with Crippen molar-refractivity contribution in [2.24, 2.45) is 0 Å². The van der Waals surface area contributed by atoms with Crippen molar-refractivity contribution in [1.29, 1.82) is 0 Å². The lowest BCUT2D eigenvalue weighted by Gasteiger charge is -2.35. The molecule has 1 aromatic carbocycles. The van der Waals surface area contributed by atoms with E-state index in [1.54, 1.807) is 19.1 Å². The van der Waals surface area contributed by atoms with Crippen LogP contribution < -0.4 is 5.32 Å². The van der Waals surface area contributed by atoms with Gasteiger partial charge in [-0.05, 0) is 25.1 Å². The van der Waals surface area contributed by atoms with Crippen LogP contribution in [0, 0.1) is 5.82 Å². The Balaban J connectivity index is 2.10. The topological polar surface area (TPSA) is 59.8 Å². The molecule has 0 aliphatic carbocycles. The number of rotatable bonds is 1. The fourth-order valence-electron chi connectivity index (χ4n) is 2.28. The first kappa shape index (κ1) is 12.3. The van der Waals surface area contributed by atoms with Crippen LogP contribution in [0.3, 0.4) is 0 Å². The number of halogens is 2. The van der Waals surface area contributed by atoms with Gasteiger partial charge in [-0.1, -0.05) is 21.1 Å². The quantitative estimate of drug-likeness (QED) is 0.870. The number of carbonyl (C=O) groups is 1. The molecule has 1 aromatic heterocycles. The molecule has 1 unspecified atom stereocenters. The molecule has 0 saturated carbocycles. The van der Waals surface area contributed by atoms with Crippen LogP contribution in [0.4, 0.5) is 4.39 Å². The number of amides is 1. The summed E-state index contributed by atoms with van der Waals surface area (Å²) >= 11 is 3.31. The van der Waals surface area contributed by atoms with Gasteiger partial charge in [-0.2, -0.15) is 0 Å². The molecule has 0 saturated heterocycles. The number of hydrogen-bond acceptors (Lipinski definition) is 3. The minimum Gasteiger partial charge on any atom is -0.339 e. The predicted molar refractivity (Wildman–Crippen MR) is 68.9 cm³/mol. The van der Waals surface area contributed by atoms with Gasteiger partial charge in [0.05, 0.1) is 18.3 Å². The highest BCUT2D eigenvalue weighted by atomic mass is 79.9. The molecule has 98 valence electrons. The lowest BCUT2D eigenvalue weighted by molar-refractivity contribution is 0.0836. The van der Waals surface area contributed by atoms with Crippen LogP contribution in [-0.4, -0.2) is 20.9 Å². The Hall–Kier alpha value is -1.76. The second kappa shape index (κ2) is 4.12. The van der Waals surface area contributed by atoms with Crippen molar-refractivity contribution in [3.05, 3.63) is 45.9 Å². The van der Waals surface area contributed by atoms with E-state index in [4.69, 9.17) is 0 Å². The van der Waals surface area contributed by atoms with Crippen LogP contribution in [0.15, 0.2) is 28.9 Å². The van der Waals surface area contributed by atoms with E-state index in [-0.39, 0.29) is 11.7 Å². The zero-order valence-corrected chi connectivity index (χ0v) is 11.6. The Kier molecular flexibility index (Phi) is 2.67. The number of benzene rings is 1. The molecule has 1 atom stereocenters. The molecule has 1 aliphatic heterocycles. The molecule has 19 heavy (non-hydrogen) atoms. The van der Waals surface area contributed by atoms with E-state index in [2.05, 4.69) is 31.6 Å². The Morgan fingerprint density at radius 3 is 3.11 bits per heavy atom. The summed E-state index contributed by atoms with van der Waals surface area (Å²) in [5.41, 5.74) is -0.0599. The number of aromatic nitrogens is 3. The Morgan fingerprint density at radius 1 is 1.53 bits per heavy atom. The first-order chi connectivity index (χ1) is 8.99. The van der Waals surface area contributed by atoms with E-state index in [1.807, 2.05) is 0 Å². The van der Waals surface area contributed by atoms with Gasteiger partial charge in [0, 0.05) is 10.0 Å². The van der Waals surface area contributed by atoms with Crippen LogP contribution in [-0.2, 0) is 12.1 Å². The summed E-state index contributed by atoms with van der Waals surface area (Å²) in [7, 11) is 0. The molecule has 2 heterocycles. The highest BCUT2D eigenvalue weighted by Gasteiger charge is 2.38. The van der Waals surface area contributed by atoms with Crippen molar-refractivity contribution >= 4 is 21.8 Å². The molecule has 0 fully saturated rings. The predicted octanol–water partition coefficient (Wildman–Crippen LogP) is 1.84. The zero-order chi connectivity index (χ0) is 13.6. The minimum absolute atomic E-state index is 0.307. The third-order valence-corrected chi connectivity index (χ3v) is 3.72.